The maximum atomic E-state index is 13.2. The van der Waals surface area contributed by atoms with Crippen LogP contribution in [0.1, 0.15) is 68.2 Å². The van der Waals surface area contributed by atoms with Gasteiger partial charge in [-0.25, -0.2) is 4.39 Å². The lowest BCUT2D eigenvalue weighted by Gasteiger charge is -2.32. The predicted molar refractivity (Wildman–Crippen MR) is 153 cm³/mol. The zero-order valence-electron chi connectivity index (χ0n) is 22.9. The number of likely N-dealkylation sites (tertiary alicyclic amines) is 1. The van der Waals surface area contributed by atoms with Crippen LogP contribution in [0.2, 0.25) is 0 Å². The van der Waals surface area contributed by atoms with Crippen molar-refractivity contribution in [3.05, 3.63) is 101 Å². The molecule has 1 atom stereocenters. The minimum absolute atomic E-state index is 0.0388. The van der Waals surface area contributed by atoms with Gasteiger partial charge in [0.25, 0.3) is 0 Å². The number of hydrogen-bond donors (Lipinski definition) is 1. The van der Waals surface area contributed by atoms with Gasteiger partial charge in [-0.1, -0.05) is 68.4 Å². The molecule has 4 rings (SSSR count). The molecule has 6 heteroatoms. The summed E-state index contributed by atoms with van der Waals surface area (Å²) in [7, 11) is 0. The highest BCUT2D eigenvalue weighted by atomic mass is 19.1. The molecule has 1 aliphatic heterocycles. The van der Waals surface area contributed by atoms with E-state index < -0.39 is 0 Å². The summed E-state index contributed by atoms with van der Waals surface area (Å²) in [6, 6.07) is 24.1. The zero-order chi connectivity index (χ0) is 27.6. The molecule has 1 aliphatic rings. The molecule has 1 unspecified atom stereocenters. The monoisotopic (exact) mass is 530 g/mol. The highest BCUT2D eigenvalue weighted by Crippen LogP contribution is 2.30. The molecule has 0 spiro atoms. The first-order valence-electron chi connectivity index (χ1n) is 14.0. The highest BCUT2D eigenvalue weighted by molar-refractivity contribution is 5.92. The number of ether oxygens (including phenoxy) is 1. The molecule has 1 heterocycles. The van der Waals surface area contributed by atoms with E-state index in [2.05, 4.69) is 22.3 Å². The number of benzene rings is 3. The Morgan fingerprint density at radius 2 is 1.69 bits per heavy atom. The van der Waals surface area contributed by atoms with Gasteiger partial charge in [0.05, 0.1) is 6.42 Å². The molecule has 0 aromatic heterocycles. The molecular weight excluding hydrogens is 491 g/mol. The Kier molecular flexibility index (Phi) is 10.3. The van der Waals surface area contributed by atoms with Crippen molar-refractivity contribution in [1.29, 1.82) is 0 Å². The van der Waals surface area contributed by atoms with E-state index in [1.54, 1.807) is 12.1 Å². The lowest BCUT2D eigenvalue weighted by molar-refractivity contribution is -0.149. The Morgan fingerprint density at radius 1 is 0.974 bits per heavy atom. The molecule has 0 aliphatic carbocycles. The SMILES string of the molecule is CC(C)C(=O)Nc1cccc(C2CCN(CCCC(OC(=O)Cc3ccc(F)cc3)c3ccccc3)CC2)c1. The molecule has 206 valence electrons. The second-order valence-corrected chi connectivity index (χ2v) is 10.7. The number of hydrogen-bond acceptors (Lipinski definition) is 4. The third-order valence-corrected chi connectivity index (χ3v) is 7.38. The number of esters is 1. The van der Waals surface area contributed by atoms with E-state index in [-0.39, 0.29) is 36.1 Å². The van der Waals surface area contributed by atoms with Gasteiger partial charge in [0, 0.05) is 11.6 Å². The fourth-order valence-corrected chi connectivity index (χ4v) is 5.08. The van der Waals surface area contributed by atoms with Gasteiger partial charge >= 0.3 is 5.97 Å². The highest BCUT2D eigenvalue weighted by Gasteiger charge is 2.22. The summed E-state index contributed by atoms with van der Waals surface area (Å²) in [6.45, 7) is 6.79. The molecular formula is C33H39FN2O3. The first-order valence-corrected chi connectivity index (χ1v) is 14.0. The molecule has 3 aromatic carbocycles. The Hall–Kier alpha value is -3.51. The molecule has 0 saturated carbocycles. The normalized spacial score (nSPS) is 15.2. The topological polar surface area (TPSA) is 58.6 Å². The largest absolute Gasteiger partial charge is 0.457 e. The molecule has 1 saturated heterocycles. The number of nitrogens with one attached hydrogen (secondary N) is 1. The molecule has 3 aromatic rings. The third-order valence-electron chi connectivity index (χ3n) is 7.38. The van der Waals surface area contributed by atoms with Crippen LogP contribution in [0.5, 0.6) is 0 Å². The number of rotatable bonds is 11. The Bertz CT molecular complexity index is 1210. The van der Waals surface area contributed by atoms with Crippen molar-refractivity contribution in [2.75, 3.05) is 25.0 Å². The number of amides is 1. The van der Waals surface area contributed by atoms with E-state index in [4.69, 9.17) is 4.74 Å². The number of halogens is 1. The van der Waals surface area contributed by atoms with Crippen LogP contribution in [0.25, 0.3) is 0 Å². The molecule has 1 amide bonds. The smallest absolute Gasteiger partial charge is 0.310 e. The molecule has 1 N–H and O–H groups in total. The van der Waals surface area contributed by atoms with Crippen LogP contribution in [0.4, 0.5) is 10.1 Å². The summed E-state index contributed by atoms with van der Waals surface area (Å²) in [6.07, 6.45) is 3.65. The van der Waals surface area contributed by atoms with Crippen LogP contribution in [0, 0.1) is 11.7 Å². The van der Waals surface area contributed by atoms with Crippen molar-refractivity contribution in [2.45, 2.75) is 58.0 Å². The van der Waals surface area contributed by atoms with Gasteiger partial charge in [-0.15, -0.1) is 0 Å². The third kappa shape index (κ3) is 8.75. The van der Waals surface area contributed by atoms with Crippen molar-refractivity contribution < 1.29 is 18.7 Å². The number of anilines is 1. The van der Waals surface area contributed by atoms with Crippen LogP contribution < -0.4 is 5.32 Å². The summed E-state index contributed by atoms with van der Waals surface area (Å²) in [4.78, 5) is 27.2. The van der Waals surface area contributed by atoms with Gasteiger partial charge in [0.2, 0.25) is 5.91 Å². The average Bonchev–Trinajstić information content (AvgIpc) is 2.94. The number of carbonyl (C=O) groups is 2. The van der Waals surface area contributed by atoms with E-state index in [1.165, 1.54) is 17.7 Å². The molecule has 0 bridgehead atoms. The predicted octanol–water partition coefficient (Wildman–Crippen LogP) is 6.91. The van der Waals surface area contributed by atoms with Gasteiger partial charge in [0.15, 0.2) is 0 Å². The second-order valence-electron chi connectivity index (χ2n) is 10.7. The standard InChI is InChI=1S/C33H39FN2O3/c1-24(2)33(38)35-30-11-6-10-28(23-30)26-17-20-36(21-18-26)19-7-12-31(27-8-4-3-5-9-27)39-32(37)22-25-13-15-29(34)16-14-25/h3-6,8-11,13-16,23-24,26,31H,7,12,17-22H2,1-2H3,(H,35,38). The quantitative estimate of drug-likeness (QED) is 0.274. The van der Waals surface area contributed by atoms with E-state index in [0.717, 1.165) is 62.1 Å². The Labute approximate surface area is 231 Å². The molecule has 5 nitrogen and oxygen atoms in total. The summed E-state index contributed by atoms with van der Waals surface area (Å²) < 4.78 is 19.1. The van der Waals surface area contributed by atoms with Gasteiger partial charge in [-0.2, -0.15) is 0 Å². The maximum Gasteiger partial charge on any atom is 0.310 e. The fourth-order valence-electron chi connectivity index (χ4n) is 5.08. The van der Waals surface area contributed by atoms with Crippen molar-refractivity contribution in [2.24, 2.45) is 5.92 Å². The van der Waals surface area contributed by atoms with Crippen LogP contribution in [-0.2, 0) is 20.7 Å². The number of carbonyl (C=O) groups excluding carboxylic acids is 2. The number of piperidine rings is 1. The van der Waals surface area contributed by atoms with Crippen molar-refractivity contribution in [3.8, 4) is 0 Å². The van der Waals surface area contributed by atoms with Crippen molar-refractivity contribution >= 4 is 17.6 Å². The first kappa shape index (κ1) is 28.5. The van der Waals surface area contributed by atoms with Gasteiger partial charge in [-0.05, 0) is 92.2 Å². The summed E-state index contributed by atoms with van der Waals surface area (Å²) in [5.41, 5.74) is 3.89. The minimum Gasteiger partial charge on any atom is -0.457 e. The van der Waals surface area contributed by atoms with Crippen molar-refractivity contribution in [1.82, 2.24) is 4.90 Å². The Balaban J connectivity index is 1.26. The zero-order valence-corrected chi connectivity index (χ0v) is 22.9. The second kappa shape index (κ2) is 14.0. The van der Waals surface area contributed by atoms with Crippen LogP contribution in [0.15, 0.2) is 78.9 Å². The van der Waals surface area contributed by atoms with Crippen LogP contribution in [0.3, 0.4) is 0 Å². The molecule has 0 radical (unpaired) electrons. The molecule has 1 fully saturated rings. The van der Waals surface area contributed by atoms with Crippen LogP contribution >= 0.6 is 0 Å². The summed E-state index contributed by atoms with van der Waals surface area (Å²) in [5.74, 6) is -0.139. The van der Waals surface area contributed by atoms with Crippen molar-refractivity contribution in [3.63, 3.8) is 0 Å². The van der Waals surface area contributed by atoms with E-state index in [9.17, 15) is 14.0 Å². The summed E-state index contributed by atoms with van der Waals surface area (Å²) in [5, 5.41) is 3.01. The lowest BCUT2D eigenvalue weighted by atomic mass is 9.89. The number of nitrogens with zero attached hydrogens (tertiary/aromatic N) is 1. The van der Waals surface area contributed by atoms with E-state index >= 15 is 0 Å². The minimum atomic E-state index is -0.318. The van der Waals surface area contributed by atoms with Gasteiger partial charge < -0.3 is 15.0 Å². The van der Waals surface area contributed by atoms with E-state index in [1.807, 2.05) is 56.3 Å². The fraction of sp³-hybridized carbons (Fsp3) is 0.394. The molecule has 39 heavy (non-hydrogen) atoms. The van der Waals surface area contributed by atoms with Gasteiger partial charge in [-0.3, -0.25) is 9.59 Å². The van der Waals surface area contributed by atoms with Gasteiger partial charge in [0.1, 0.15) is 11.9 Å². The lowest BCUT2D eigenvalue weighted by Crippen LogP contribution is -2.34. The maximum absolute atomic E-state index is 13.2. The van der Waals surface area contributed by atoms with E-state index in [0.29, 0.717) is 5.92 Å². The summed E-state index contributed by atoms with van der Waals surface area (Å²) >= 11 is 0. The first-order chi connectivity index (χ1) is 18.9. The van der Waals surface area contributed by atoms with Crippen LogP contribution in [-0.4, -0.2) is 36.4 Å². The Morgan fingerprint density at radius 3 is 2.38 bits per heavy atom. The average molecular weight is 531 g/mol.